The molecule has 2 aromatic rings. The zero-order chi connectivity index (χ0) is 15.9. The molecule has 0 fully saturated rings. The van der Waals surface area contributed by atoms with Crippen molar-refractivity contribution in [3.8, 4) is 0 Å². The number of amides is 1. The lowest BCUT2D eigenvalue weighted by atomic mass is 9.93. The molecule has 0 radical (unpaired) electrons. The van der Waals surface area contributed by atoms with E-state index in [4.69, 9.17) is 5.73 Å². The van der Waals surface area contributed by atoms with E-state index in [0.29, 0.717) is 0 Å². The van der Waals surface area contributed by atoms with E-state index in [-0.39, 0.29) is 23.9 Å². The van der Waals surface area contributed by atoms with E-state index in [1.54, 1.807) is 0 Å². The van der Waals surface area contributed by atoms with E-state index in [0.717, 1.165) is 17.5 Å². The van der Waals surface area contributed by atoms with Crippen molar-refractivity contribution in [2.45, 2.75) is 32.4 Å². The Labute approximate surface area is 132 Å². The van der Waals surface area contributed by atoms with Crippen LogP contribution in [0.4, 0.5) is 0 Å². The van der Waals surface area contributed by atoms with Crippen LogP contribution in [0.25, 0.3) is 0 Å². The maximum absolute atomic E-state index is 11.9. The first-order valence-electron chi connectivity index (χ1n) is 7.78. The number of rotatable bonds is 7. The average molecular weight is 296 g/mol. The summed E-state index contributed by atoms with van der Waals surface area (Å²) in [6.45, 7) is 4.12. The molecule has 0 aliphatic rings. The van der Waals surface area contributed by atoms with Gasteiger partial charge in [-0.15, -0.1) is 0 Å². The fourth-order valence-electron chi connectivity index (χ4n) is 2.62. The van der Waals surface area contributed by atoms with Crippen LogP contribution in [0.5, 0.6) is 0 Å². The Bertz CT molecular complexity index is 543. The van der Waals surface area contributed by atoms with Crippen molar-refractivity contribution < 1.29 is 4.79 Å². The average Bonchev–Trinajstić information content (AvgIpc) is 2.56. The number of carbonyl (C=O) groups excluding carboxylic acids is 1. The molecule has 3 heteroatoms. The summed E-state index contributed by atoms with van der Waals surface area (Å²) in [5.41, 5.74) is 7.87. The van der Waals surface area contributed by atoms with Crippen molar-refractivity contribution in [2.24, 2.45) is 11.7 Å². The lowest BCUT2D eigenvalue weighted by molar-refractivity contribution is -0.121. The van der Waals surface area contributed by atoms with Gasteiger partial charge in [0.1, 0.15) is 0 Å². The lowest BCUT2D eigenvalue weighted by Crippen LogP contribution is -2.47. The second-order valence-corrected chi connectivity index (χ2v) is 5.69. The van der Waals surface area contributed by atoms with Crippen LogP contribution in [-0.4, -0.2) is 11.9 Å². The maximum atomic E-state index is 11.9. The predicted octanol–water partition coefficient (Wildman–Crippen LogP) is 3.27. The molecule has 2 atom stereocenters. The Morgan fingerprint density at radius 1 is 1.00 bits per heavy atom. The summed E-state index contributed by atoms with van der Waals surface area (Å²) in [7, 11) is 0. The van der Waals surface area contributed by atoms with E-state index in [9.17, 15) is 4.79 Å². The van der Waals surface area contributed by atoms with Crippen molar-refractivity contribution in [1.29, 1.82) is 0 Å². The van der Waals surface area contributed by atoms with Gasteiger partial charge in [-0.05, 0) is 17.0 Å². The minimum Gasteiger partial charge on any atom is -0.368 e. The number of benzene rings is 2. The molecule has 2 rings (SSSR count). The SMILES string of the molecule is CC[C@@H](C)[C@H](NC(c1ccccc1)c1ccccc1)C(N)=O. The smallest absolute Gasteiger partial charge is 0.234 e. The standard InChI is InChI=1S/C19H24N2O/c1-3-14(2)17(19(20)22)21-18(15-10-6-4-7-11-15)16-12-8-5-9-13-16/h4-14,17-18,21H,3H2,1-2H3,(H2,20,22)/t14-,17+/m1/s1. The molecule has 0 saturated heterocycles. The van der Waals surface area contributed by atoms with Crippen LogP contribution < -0.4 is 11.1 Å². The van der Waals surface area contributed by atoms with Crippen LogP contribution in [0.15, 0.2) is 60.7 Å². The van der Waals surface area contributed by atoms with Gasteiger partial charge in [0.2, 0.25) is 5.91 Å². The zero-order valence-corrected chi connectivity index (χ0v) is 13.2. The monoisotopic (exact) mass is 296 g/mol. The first kappa shape index (κ1) is 16.2. The molecule has 0 saturated carbocycles. The molecule has 1 amide bonds. The van der Waals surface area contributed by atoms with Crippen LogP contribution in [0.1, 0.15) is 37.4 Å². The largest absolute Gasteiger partial charge is 0.368 e. The molecule has 3 N–H and O–H groups in total. The molecular weight excluding hydrogens is 272 g/mol. The molecule has 0 aliphatic heterocycles. The van der Waals surface area contributed by atoms with Crippen LogP contribution in [0, 0.1) is 5.92 Å². The summed E-state index contributed by atoms with van der Waals surface area (Å²) < 4.78 is 0. The van der Waals surface area contributed by atoms with Gasteiger partial charge in [-0.2, -0.15) is 0 Å². The van der Waals surface area contributed by atoms with Crippen LogP contribution in [0.3, 0.4) is 0 Å². The number of hydrogen-bond acceptors (Lipinski definition) is 2. The summed E-state index contributed by atoms with van der Waals surface area (Å²) in [5.74, 6) is -0.112. The van der Waals surface area contributed by atoms with Gasteiger partial charge in [-0.3, -0.25) is 10.1 Å². The molecule has 0 unspecified atom stereocenters. The van der Waals surface area contributed by atoms with Gasteiger partial charge in [-0.25, -0.2) is 0 Å². The molecular formula is C19H24N2O. The third kappa shape index (κ3) is 3.95. The topological polar surface area (TPSA) is 55.1 Å². The number of carbonyl (C=O) groups is 1. The second kappa shape index (κ2) is 7.76. The fraction of sp³-hybridized carbons (Fsp3) is 0.316. The molecule has 22 heavy (non-hydrogen) atoms. The van der Waals surface area contributed by atoms with Crippen molar-refractivity contribution in [3.63, 3.8) is 0 Å². The minimum absolute atomic E-state index is 0.0473. The molecule has 0 aliphatic carbocycles. The summed E-state index contributed by atoms with van der Waals surface area (Å²) in [6, 6.07) is 19.9. The van der Waals surface area contributed by atoms with Crippen molar-refractivity contribution in [3.05, 3.63) is 71.8 Å². The van der Waals surface area contributed by atoms with Crippen molar-refractivity contribution in [2.75, 3.05) is 0 Å². The van der Waals surface area contributed by atoms with Gasteiger partial charge in [0.15, 0.2) is 0 Å². The summed E-state index contributed by atoms with van der Waals surface area (Å²) >= 11 is 0. The lowest BCUT2D eigenvalue weighted by Gasteiger charge is -2.28. The van der Waals surface area contributed by atoms with Crippen LogP contribution >= 0.6 is 0 Å². The molecule has 0 heterocycles. The Morgan fingerprint density at radius 2 is 1.45 bits per heavy atom. The van der Waals surface area contributed by atoms with Gasteiger partial charge < -0.3 is 5.73 Å². The highest BCUT2D eigenvalue weighted by Gasteiger charge is 2.26. The van der Waals surface area contributed by atoms with Gasteiger partial charge in [0.05, 0.1) is 12.1 Å². The fourth-order valence-corrected chi connectivity index (χ4v) is 2.62. The highest BCUT2D eigenvalue weighted by atomic mass is 16.1. The molecule has 2 aromatic carbocycles. The van der Waals surface area contributed by atoms with Crippen LogP contribution in [-0.2, 0) is 4.79 Å². The predicted molar refractivity (Wildman–Crippen MR) is 90.3 cm³/mol. The molecule has 3 nitrogen and oxygen atoms in total. The molecule has 0 bridgehead atoms. The Balaban J connectivity index is 2.35. The first-order valence-corrected chi connectivity index (χ1v) is 7.78. The highest BCUT2D eigenvalue weighted by molar-refractivity contribution is 5.80. The quantitative estimate of drug-likeness (QED) is 0.824. The van der Waals surface area contributed by atoms with Crippen molar-refractivity contribution >= 4 is 5.91 Å². The van der Waals surface area contributed by atoms with E-state index in [2.05, 4.69) is 43.4 Å². The van der Waals surface area contributed by atoms with Crippen molar-refractivity contribution in [1.82, 2.24) is 5.32 Å². The number of hydrogen-bond donors (Lipinski definition) is 2. The summed E-state index contributed by atoms with van der Waals surface area (Å²) in [5, 5.41) is 3.46. The third-order valence-electron chi connectivity index (χ3n) is 4.13. The summed E-state index contributed by atoms with van der Waals surface area (Å²) in [4.78, 5) is 11.9. The highest BCUT2D eigenvalue weighted by Crippen LogP contribution is 2.24. The second-order valence-electron chi connectivity index (χ2n) is 5.69. The van der Waals surface area contributed by atoms with E-state index < -0.39 is 0 Å². The van der Waals surface area contributed by atoms with Gasteiger partial charge in [0, 0.05) is 0 Å². The summed E-state index contributed by atoms with van der Waals surface area (Å²) in [6.07, 6.45) is 0.900. The van der Waals surface area contributed by atoms with Gasteiger partial charge in [0.25, 0.3) is 0 Å². The van der Waals surface area contributed by atoms with Crippen LogP contribution in [0.2, 0.25) is 0 Å². The maximum Gasteiger partial charge on any atom is 0.234 e. The zero-order valence-electron chi connectivity index (χ0n) is 13.2. The molecule has 0 aromatic heterocycles. The van der Waals surface area contributed by atoms with E-state index in [1.807, 2.05) is 36.4 Å². The Hall–Kier alpha value is -2.13. The minimum atomic E-state index is -0.351. The first-order chi connectivity index (χ1) is 10.6. The van der Waals surface area contributed by atoms with E-state index in [1.165, 1.54) is 0 Å². The number of nitrogens with two attached hydrogens (primary N) is 1. The number of nitrogens with one attached hydrogen (secondary N) is 1. The van der Waals surface area contributed by atoms with Gasteiger partial charge in [-0.1, -0.05) is 80.9 Å². The Kier molecular flexibility index (Phi) is 5.73. The molecule has 116 valence electrons. The molecule has 0 spiro atoms. The third-order valence-corrected chi connectivity index (χ3v) is 4.13. The van der Waals surface area contributed by atoms with E-state index >= 15 is 0 Å². The Morgan fingerprint density at radius 3 is 1.82 bits per heavy atom. The normalized spacial score (nSPS) is 13.8. The number of primary amides is 1. The van der Waals surface area contributed by atoms with Gasteiger partial charge >= 0.3 is 0 Å².